The molecule has 33 heavy (non-hydrogen) atoms. The Bertz CT molecular complexity index is 1440. The standard InChI is InChI=1S/C24H25N5O3S/c1-15-7-4-5-10-19(15)23(29(2)3)24(30)26-17-11-12-21-20(14-17)22(28-27-21)16-8-6-9-18(13-16)33(25,31)32/h4-14,23H,1-3H3,(H,26,30)(H,27,28)(H2,25,31,32). The summed E-state index contributed by atoms with van der Waals surface area (Å²) in [4.78, 5) is 15.1. The molecule has 1 unspecified atom stereocenters. The maximum absolute atomic E-state index is 13.2. The van der Waals surface area contributed by atoms with Crippen LogP contribution in [0.25, 0.3) is 22.2 Å². The fraction of sp³-hybridized carbons (Fsp3) is 0.167. The molecule has 0 aliphatic heterocycles. The van der Waals surface area contributed by atoms with Gasteiger partial charge in [-0.15, -0.1) is 0 Å². The minimum atomic E-state index is -3.84. The molecular weight excluding hydrogens is 438 g/mol. The van der Waals surface area contributed by atoms with Gasteiger partial charge in [0.1, 0.15) is 11.7 Å². The molecule has 0 fully saturated rings. The number of fused-ring (bicyclic) bond motifs is 1. The van der Waals surface area contributed by atoms with Crippen LogP contribution in [0.5, 0.6) is 0 Å². The van der Waals surface area contributed by atoms with Gasteiger partial charge in [-0.2, -0.15) is 5.10 Å². The van der Waals surface area contributed by atoms with E-state index in [4.69, 9.17) is 5.14 Å². The summed E-state index contributed by atoms with van der Waals surface area (Å²) in [7, 11) is -0.106. The van der Waals surface area contributed by atoms with Crippen LogP contribution in [0.1, 0.15) is 17.2 Å². The maximum atomic E-state index is 13.2. The summed E-state index contributed by atoms with van der Waals surface area (Å²) in [5.74, 6) is -0.157. The Balaban J connectivity index is 1.69. The van der Waals surface area contributed by atoms with Gasteiger partial charge in [0.15, 0.2) is 0 Å². The molecule has 0 aliphatic carbocycles. The molecule has 4 aromatic rings. The van der Waals surface area contributed by atoms with Gasteiger partial charge in [-0.25, -0.2) is 13.6 Å². The number of hydrogen-bond donors (Lipinski definition) is 3. The van der Waals surface area contributed by atoms with Gasteiger partial charge in [0.2, 0.25) is 15.9 Å². The Hall–Kier alpha value is -3.53. The van der Waals surface area contributed by atoms with Gasteiger partial charge in [-0.05, 0) is 62.5 Å². The van der Waals surface area contributed by atoms with Crippen LogP contribution in [0, 0.1) is 6.92 Å². The van der Waals surface area contributed by atoms with Gasteiger partial charge in [-0.1, -0.05) is 36.4 Å². The summed E-state index contributed by atoms with van der Waals surface area (Å²) in [6.07, 6.45) is 0. The minimum absolute atomic E-state index is 0.00710. The van der Waals surface area contributed by atoms with E-state index in [1.54, 1.807) is 18.2 Å². The van der Waals surface area contributed by atoms with Crippen molar-refractivity contribution in [3.8, 4) is 11.3 Å². The van der Waals surface area contributed by atoms with Crippen molar-refractivity contribution in [3.63, 3.8) is 0 Å². The van der Waals surface area contributed by atoms with Gasteiger partial charge in [-0.3, -0.25) is 14.8 Å². The van der Waals surface area contributed by atoms with Gasteiger partial charge in [0.25, 0.3) is 0 Å². The van der Waals surface area contributed by atoms with Crippen LogP contribution in [0.15, 0.2) is 71.6 Å². The minimum Gasteiger partial charge on any atom is -0.324 e. The Morgan fingerprint density at radius 1 is 1.06 bits per heavy atom. The van der Waals surface area contributed by atoms with Crippen LogP contribution < -0.4 is 10.5 Å². The van der Waals surface area contributed by atoms with E-state index in [0.29, 0.717) is 16.9 Å². The van der Waals surface area contributed by atoms with Gasteiger partial charge >= 0.3 is 0 Å². The number of aromatic nitrogens is 2. The number of nitrogens with two attached hydrogens (primary N) is 1. The van der Waals surface area contributed by atoms with E-state index in [9.17, 15) is 13.2 Å². The molecule has 8 nitrogen and oxygen atoms in total. The first-order valence-corrected chi connectivity index (χ1v) is 11.8. The van der Waals surface area contributed by atoms with E-state index >= 15 is 0 Å². The second kappa shape index (κ2) is 8.78. The summed E-state index contributed by atoms with van der Waals surface area (Å²) in [6, 6.07) is 19.1. The topological polar surface area (TPSA) is 121 Å². The molecule has 4 rings (SSSR count). The maximum Gasteiger partial charge on any atom is 0.246 e. The third-order valence-electron chi connectivity index (χ3n) is 5.51. The average Bonchev–Trinajstić information content (AvgIpc) is 3.18. The van der Waals surface area contributed by atoms with Crippen LogP contribution in [0.2, 0.25) is 0 Å². The number of primary sulfonamides is 1. The lowest BCUT2D eigenvalue weighted by Crippen LogP contribution is -2.32. The molecular formula is C24H25N5O3S. The Morgan fingerprint density at radius 3 is 2.52 bits per heavy atom. The molecule has 4 N–H and O–H groups in total. The van der Waals surface area contributed by atoms with E-state index in [1.807, 2.05) is 62.3 Å². The highest BCUT2D eigenvalue weighted by Gasteiger charge is 2.24. The lowest BCUT2D eigenvalue weighted by molar-refractivity contribution is -0.120. The number of carbonyl (C=O) groups is 1. The van der Waals surface area contributed by atoms with Crippen LogP contribution in [-0.2, 0) is 14.8 Å². The number of carbonyl (C=O) groups excluding carboxylic acids is 1. The van der Waals surface area contributed by atoms with Crippen molar-refractivity contribution in [1.82, 2.24) is 15.1 Å². The quantitative estimate of drug-likeness (QED) is 0.404. The van der Waals surface area contributed by atoms with E-state index in [2.05, 4.69) is 15.5 Å². The number of nitrogens with zero attached hydrogens (tertiary/aromatic N) is 2. The highest BCUT2D eigenvalue weighted by Crippen LogP contribution is 2.30. The number of H-pyrrole nitrogens is 1. The third kappa shape index (κ3) is 4.65. The van der Waals surface area contributed by atoms with Crippen molar-refractivity contribution >= 4 is 32.5 Å². The normalized spacial score (nSPS) is 12.8. The molecule has 0 radical (unpaired) electrons. The molecule has 170 valence electrons. The largest absolute Gasteiger partial charge is 0.324 e. The number of aryl methyl sites for hydroxylation is 1. The van der Waals surface area contributed by atoms with Crippen molar-refractivity contribution in [2.24, 2.45) is 5.14 Å². The summed E-state index contributed by atoms with van der Waals surface area (Å²) < 4.78 is 23.5. The van der Waals surface area contributed by atoms with E-state index in [-0.39, 0.29) is 10.8 Å². The first-order chi connectivity index (χ1) is 15.6. The van der Waals surface area contributed by atoms with Crippen molar-refractivity contribution in [3.05, 3.63) is 77.9 Å². The van der Waals surface area contributed by atoms with Crippen molar-refractivity contribution < 1.29 is 13.2 Å². The van der Waals surface area contributed by atoms with Crippen LogP contribution in [-0.4, -0.2) is 43.5 Å². The summed E-state index contributed by atoms with van der Waals surface area (Å²) in [5, 5.41) is 16.3. The monoisotopic (exact) mass is 463 g/mol. The summed E-state index contributed by atoms with van der Waals surface area (Å²) >= 11 is 0. The predicted molar refractivity (Wildman–Crippen MR) is 129 cm³/mol. The number of nitrogens with one attached hydrogen (secondary N) is 2. The summed E-state index contributed by atoms with van der Waals surface area (Å²) in [6.45, 7) is 1.98. The van der Waals surface area contributed by atoms with Gasteiger partial charge in [0, 0.05) is 16.6 Å². The molecule has 0 spiro atoms. The van der Waals surface area contributed by atoms with Gasteiger partial charge < -0.3 is 5.32 Å². The van der Waals surface area contributed by atoms with Crippen LogP contribution in [0.3, 0.4) is 0 Å². The zero-order valence-corrected chi connectivity index (χ0v) is 19.3. The van der Waals surface area contributed by atoms with Crippen molar-refractivity contribution in [2.45, 2.75) is 17.9 Å². The Morgan fingerprint density at radius 2 is 1.82 bits per heavy atom. The Kier molecular flexibility index (Phi) is 6.03. The van der Waals surface area contributed by atoms with Crippen LogP contribution >= 0.6 is 0 Å². The van der Waals surface area contributed by atoms with E-state index in [0.717, 1.165) is 22.0 Å². The molecule has 1 heterocycles. The number of aromatic amines is 1. The highest BCUT2D eigenvalue weighted by atomic mass is 32.2. The SMILES string of the molecule is Cc1ccccc1C(C(=O)Nc1ccc2[nH]nc(-c3cccc(S(N)(=O)=O)c3)c2c1)N(C)C. The molecule has 0 bridgehead atoms. The molecule has 1 amide bonds. The highest BCUT2D eigenvalue weighted by molar-refractivity contribution is 7.89. The molecule has 1 atom stereocenters. The molecule has 3 aromatic carbocycles. The lowest BCUT2D eigenvalue weighted by Gasteiger charge is -2.25. The van der Waals surface area contributed by atoms with Crippen molar-refractivity contribution in [1.29, 1.82) is 0 Å². The van der Waals surface area contributed by atoms with Crippen LogP contribution in [0.4, 0.5) is 5.69 Å². The number of likely N-dealkylation sites (N-methyl/N-ethyl adjacent to an activating group) is 1. The van der Waals surface area contributed by atoms with E-state index < -0.39 is 16.1 Å². The number of sulfonamides is 1. The van der Waals surface area contributed by atoms with E-state index in [1.165, 1.54) is 12.1 Å². The molecule has 0 saturated carbocycles. The fourth-order valence-corrected chi connectivity index (χ4v) is 4.45. The first kappa shape index (κ1) is 22.7. The zero-order valence-electron chi connectivity index (χ0n) is 18.5. The molecule has 1 aromatic heterocycles. The first-order valence-electron chi connectivity index (χ1n) is 10.3. The van der Waals surface area contributed by atoms with Crippen molar-refractivity contribution in [2.75, 3.05) is 19.4 Å². The second-order valence-corrected chi connectivity index (χ2v) is 9.68. The predicted octanol–water partition coefficient (Wildman–Crippen LogP) is 3.43. The third-order valence-corrected chi connectivity index (χ3v) is 6.43. The number of benzene rings is 3. The second-order valence-electron chi connectivity index (χ2n) is 8.12. The average molecular weight is 464 g/mol. The molecule has 9 heteroatoms. The lowest BCUT2D eigenvalue weighted by atomic mass is 9.99. The van der Waals surface area contributed by atoms with Gasteiger partial charge in [0.05, 0.1) is 10.4 Å². The zero-order chi connectivity index (χ0) is 23.8. The number of anilines is 1. The number of hydrogen-bond acceptors (Lipinski definition) is 5. The number of amides is 1. The molecule has 0 saturated heterocycles. The Labute approximate surface area is 192 Å². The smallest absolute Gasteiger partial charge is 0.246 e. The summed E-state index contributed by atoms with van der Waals surface area (Å²) in [5.41, 5.74) is 4.50. The molecule has 0 aliphatic rings. The fourth-order valence-electron chi connectivity index (χ4n) is 3.89. The number of rotatable bonds is 6.